The summed E-state index contributed by atoms with van der Waals surface area (Å²) in [5.74, 6) is -0.370. The van der Waals surface area contributed by atoms with Gasteiger partial charge in [-0.05, 0) is 49.2 Å². The molecule has 2 aromatic carbocycles. The smallest absolute Gasteiger partial charge is 0.308 e. The first-order valence-electron chi connectivity index (χ1n) is 6.32. The summed E-state index contributed by atoms with van der Waals surface area (Å²) in [6, 6.07) is 9.03. The molecule has 0 atom stereocenters. The lowest BCUT2D eigenvalue weighted by Gasteiger charge is -2.09. The molecule has 0 aliphatic rings. The second-order valence-corrected chi connectivity index (χ2v) is 4.66. The highest BCUT2D eigenvalue weighted by molar-refractivity contribution is 5.99. The second-order valence-electron chi connectivity index (χ2n) is 4.66. The molecule has 0 saturated carbocycles. The van der Waals surface area contributed by atoms with Crippen LogP contribution in [0.15, 0.2) is 36.4 Å². The van der Waals surface area contributed by atoms with Gasteiger partial charge >= 0.3 is 6.03 Å². The number of hydrogen-bond donors (Lipinski definition) is 2. The lowest BCUT2D eigenvalue weighted by molar-refractivity contribution is 0.262. The first-order valence-corrected chi connectivity index (χ1v) is 6.32. The number of halogens is 1. The van der Waals surface area contributed by atoms with Gasteiger partial charge in [0.15, 0.2) is 5.69 Å². The van der Waals surface area contributed by atoms with E-state index in [1.807, 2.05) is 0 Å². The van der Waals surface area contributed by atoms with Crippen molar-refractivity contribution in [1.82, 2.24) is 0 Å². The Labute approximate surface area is 122 Å². The van der Waals surface area contributed by atoms with Gasteiger partial charge in [-0.25, -0.2) is 14.0 Å². The number of aryl methyl sites for hydroxylation is 2. The van der Waals surface area contributed by atoms with Crippen molar-refractivity contribution in [2.24, 2.45) is 0 Å². The number of anilines is 2. The van der Waals surface area contributed by atoms with Crippen molar-refractivity contribution >= 4 is 23.1 Å². The van der Waals surface area contributed by atoms with E-state index in [0.29, 0.717) is 22.6 Å². The zero-order valence-electron chi connectivity index (χ0n) is 11.7. The molecule has 0 bridgehead atoms. The van der Waals surface area contributed by atoms with E-state index in [4.69, 9.17) is 6.57 Å². The summed E-state index contributed by atoms with van der Waals surface area (Å²) in [7, 11) is 0. The Morgan fingerprint density at radius 2 is 1.67 bits per heavy atom. The molecule has 5 heteroatoms. The van der Waals surface area contributed by atoms with E-state index >= 15 is 0 Å². The van der Waals surface area contributed by atoms with Gasteiger partial charge in [-0.1, -0.05) is 12.1 Å². The lowest BCUT2D eigenvalue weighted by atomic mass is 10.2. The Kier molecular flexibility index (Phi) is 4.19. The maximum Gasteiger partial charge on any atom is 0.323 e. The van der Waals surface area contributed by atoms with Gasteiger partial charge in [0, 0.05) is 11.4 Å². The fraction of sp³-hybridized carbons (Fsp3) is 0.125. The van der Waals surface area contributed by atoms with E-state index in [0.717, 1.165) is 5.56 Å². The molecule has 4 nitrogen and oxygen atoms in total. The molecule has 0 aromatic heterocycles. The van der Waals surface area contributed by atoms with Gasteiger partial charge < -0.3 is 10.6 Å². The van der Waals surface area contributed by atoms with Crippen molar-refractivity contribution in [2.75, 3.05) is 10.6 Å². The third kappa shape index (κ3) is 3.57. The van der Waals surface area contributed by atoms with Crippen LogP contribution in [0.1, 0.15) is 11.1 Å². The summed E-state index contributed by atoms with van der Waals surface area (Å²) in [6.45, 7) is 10.4. The number of rotatable bonds is 2. The number of nitrogens with one attached hydrogen (secondary N) is 2. The van der Waals surface area contributed by atoms with Crippen molar-refractivity contribution in [2.45, 2.75) is 13.8 Å². The van der Waals surface area contributed by atoms with Gasteiger partial charge in [0.2, 0.25) is 0 Å². The van der Waals surface area contributed by atoms with Crippen molar-refractivity contribution in [1.29, 1.82) is 0 Å². The molecule has 2 amide bonds. The van der Waals surface area contributed by atoms with E-state index in [-0.39, 0.29) is 5.82 Å². The highest BCUT2D eigenvalue weighted by Gasteiger charge is 2.06. The molecule has 0 unspecified atom stereocenters. The van der Waals surface area contributed by atoms with Gasteiger partial charge in [-0.3, -0.25) is 0 Å². The van der Waals surface area contributed by atoms with Crippen LogP contribution < -0.4 is 10.6 Å². The first-order chi connectivity index (χ1) is 9.99. The molecule has 0 heterocycles. The zero-order valence-corrected chi connectivity index (χ0v) is 11.7. The Bertz CT molecular complexity index is 735. The molecule has 106 valence electrons. The van der Waals surface area contributed by atoms with Crippen LogP contribution in [0.4, 0.5) is 26.2 Å². The Morgan fingerprint density at radius 1 is 1.05 bits per heavy atom. The van der Waals surface area contributed by atoms with E-state index in [1.165, 1.54) is 6.07 Å². The number of hydrogen-bond acceptors (Lipinski definition) is 1. The predicted molar refractivity (Wildman–Crippen MR) is 81.2 cm³/mol. The monoisotopic (exact) mass is 283 g/mol. The van der Waals surface area contributed by atoms with Gasteiger partial charge in [-0.2, -0.15) is 0 Å². The predicted octanol–water partition coefficient (Wildman–Crippen LogP) is 4.64. The van der Waals surface area contributed by atoms with E-state index in [1.54, 1.807) is 44.2 Å². The molecule has 2 rings (SSSR count). The van der Waals surface area contributed by atoms with Crippen LogP contribution in [-0.2, 0) is 0 Å². The van der Waals surface area contributed by atoms with Gasteiger partial charge in [0.05, 0.1) is 6.57 Å². The summed E-state index contributed by atoms with van der Waals surface area (Å²) in [6.07, 6.45) is 0. The van der Waals surface area contributed by atoms with E-state index < -0.39 is 6.03 Å². The standard InChI is InChI=1S/C16H14FN3O/c1-10-4-5-13(9-14(10)17)20-16(21)19-12-6-7-15(18-3)11(2)8-12/h4-9H,1-2H3,(H2,19,20,21). The van der Waals surface area contributed by atoms with Crippen molar-refractivity contribution < 1.29 is 9.18 Å². The van der Waals surface area contributed by atoms with Crippen LogP contribution in [0, 0.1) is 26.2 Å². The van der Waals surface area contributed by atoms with Gasteiger partial charge in [0.25, 0.3) is 0 Å². The van der Waals surface area contributed by atoms with Crippen molar-refractivity contribution in [3.63, 3.8) is 0 Å². The van der Waals surface area contributed by atoms with E-state index in [2.05, 4.69) is 15.5 Å². The van der Waals surface area contributed by atoms with Crippen LogP contribution in [0.2, 0.25) is 0 Å². The fourth-order valence-electron chi connectivity index (χ4n) is 1.82. The Hall–Kier alpha value is -2.87. The van der Waals surface area contributed by atoms with Crippen LogP contribution >= 0.6 is 0 Å². The van der Waals surface area contributed by atoms with Gasteiger partial charge in [-0.15, -0.1) is 0 Å². The molecule has 0 radical (unpaired) electrons. The summed E-state index contributed by atoms with van der Waals surface area (Å²) in [5.41, 5.74) is 2.80. The maximum absolute atomic E-state index is 13.4. The Morgan fingerprint density at radius 3 is 2.24 bits per heavy atom. The van der Waals surface area contributed by atoms with Crippen molar-refractivity contribution in [3.8, 4) is 0 Å². The van der Waals surface area contributed by atoms with Crippen LogP contribution in [0.3, 0.4) is 0 Å². The molecule has 0 aliphatic heterocycles. The molecule has 21 heavy (non-hydrogen) atoms. The second kappa shape index (κ2) is 6.06. The largest absolute Gasteiger partial charge is 0.323 e. The minimum absolute atomic E-state index is 0.370. The number of amides is 2. The average Bonchev–Trinajstić information content (AvgIpc) is 2.43. The first kappa shape index (κ1) is 14.5. The topological polar surface area (TPSA) is 45.5 Å². The van der Waals surface area contributed by atoms with Crippen molar-refractivity contribution in [3.05, 3.63) is 64.8 Å². The number of benzene rings is 2. The lowest BCUT2D eigenvalue weighted by Crippen LogP contribution is -2.19. The molecule has 0 spiro atoms. The average molecular weight is 283 g/mol. The van der Waals surface area contributed by atoms with Crippen LogP contribution in [0.5, 0.6) is 0 Å². The normalized spacial score (nSPS) is 9.81. The number of carbonyl (C=O) groups is 1. The summed E-state index contributed by atoms with van der Waals surface area (Å²) in [5, 5.41) is 5.20. The zero-order chi connectivity index (χ0) is 15.4. The van der Waals surface area contributed by atoms with Crippen LogP contribution in [0.25, 0.3) is 4.85 Å². The molecular weight excluding hydrogens is 269 g/mol. The molecule has 0 saturated heterocycles. The minimum Gasteiger partial charge on any atom is -0.308 e. The summed E-state index contributed by atoms with van der Waals surface area (Å²) < 4.78 is 13.4. The number of nitrogens with zero attached hydrogens (tertiary/aromatic N) is 1. The molecule has 2 N–H and O–H groups in total. The van der Waals surface area contributed by atoms with Crippen LogP contribution in [-0.4, -0.2) is 6.03 Å². The molecule has 0 fully saturated rings. The van der Waals surface area contributed by atoms with E-state index in [9.17, 15) is 9.18 Å². The number of urea groups is 1. The Balaban J connectivity index is 2.06. The molecular formula is C16H14FN3O. The minimum atomic E-state index is -0.465. The third-order valence-electron chi connectivity index (χ3n) is 3.00. The highest BCUT2D eigenvalue weighted by Crippen LogP contribution is 2.22. The molecule has 0 aliphatic carbocycles. The van der Waals surface area contributed by atoms with Gasteiger partial charge in [0.1, 0.15) is 5.82 Å². The number of carbonyl (C=O) groups excluding carboxylic acids is 1. The third-order valence-corrected chi connectivity index (χ3v) is 3.00. The maximum atomic E-state index is 13.4. The summed E-state index contributed by atoms with van der Waals surface area (Å²) >= 11 is 0. The summed E-state index contributed by atoms with van der Waals surface area (Å²) in [4.78, 5) is 15.2. The quantitative estimate of drug-likeness (QED) is 0.775. The SMILES string of the molecule is [C-]#[N+]c1ccc(NC(=O)Nc2ccc(C)c(F)c2)cc1C. The highest BCUT2D eigenvalue weighted by atomic mass is 19.1. The fourth-order valence-corrected chi connectivity index (χ4v) is 1.82. The molecule has 2 aromatic rings.